The minimum absolute atomic E-state index is 0.325. The van der Waals surface area contributed by atoms with E-state index in [1.54, 1.807) is 0 Å². The van der Waals surface area contributed by atoms with Crippen LogP contribution in [0.5, 0.6) is 0 Å². The van der Waals surface area contributed by atoms with Crippen molar-refractivity contribution in [2.75, 3.05) is 19.7 Å². The van der Waals surface area contributed by atoms with Gasteiger partial charge in [0, 0.05) is 19.2 Å². The highest BCUT2D eigenvalue weighted by atomic mass is 16.3. The van der Waals surface area contributed by atoms with Crippen LogP contribution in [0.2, 0.25) is 0 Å². The van der Waals surface area contributed by atoms with Crippen LogP contribution in [-0.2, 0) is 0 Å². The molecule has 0 bridgehead atoms. The van der Waals surface area contributed by atoms with Gasteiger partial charge in [0.2, 0.25) is 0 Å². The van der Waals surface area contributed by atoms with Gasteiger partial charge in [-0.2, -0.15) is 0 Å². The SMILES string of the molecule is C[C](C)CN1CCC(CO)CC1c1ccccc1. The molecule has 0 saturated carbocycles. The molecule has 99 valence electrons. The first kappa shape index (κ1) is 13.6. The number of aliphatic hydroxyl groups is 1. The Morgan fingerprint density at radius 2 is 2.00 bits per heavy atom. The molecule has 18 heavy (non-hydrogen) atoms. The van der Waals surface area contributed by atoms with Gasteiger partial charge in [-0.05, 0) is 36.8 Å². The fourth-order valence-electron chi connectivity index (χ4n) is 2.87. The number of nitrogens with zero attached hydrogens (tertiary/aromatic N) is 1. The third-order valence-corrected chi connectivity index (χ3v) is 3.78. The molecule has 1 aliphatic heterocycles. The summed E-state index contributed by atoms with van der Waals surface area (Å²) in [6.07, 6.45) is 2.20. The molecule has 1 N–H and O–H groups in total. The van der Waals surface area contributed by atoms with Crippen molar-refractivity contribution in [1.29, 1.82) is 0 Å². The molecule has 2 atom stereocenters. The summed E-state index contributed by atoms with van der Waals surface area (Å²) in [6.45, 7) is 6.88. The van der Waals surface area contributed by atoms with Crippen molar-refractivity contribution in [1.82, 2.24) is 4.90 Å². The van der Waals surface area contributed by atoms with Gasteiger partial charge < -0.3 is 5.11 Å². The van der Waals surface area contributed by atoms with Crippen LogP contribution in [0.3, 0.4) is 0 Å². The maximum atomic E-state index is 9.40. The van der Waals surface area contributed by atoms with Gasteiger partial charge in [-0.1, -0.05) is 44.2 Å². The average molecular weight is 246 g/mol. The van der Waals surface area contributed by atoms with E-state index in [0.29, 0.717) is 18.6 Å². The molecule has 2 nitrogen and oxygen atoms in total. The number of likely N-dealkylation sites (tertiary alicyclic amines) is 1. The summed E-state index contributed by atoms with van der Waals surface area (Å²) in [7, 11) is 0. The molecule has 0 aliphatic carbocycles. The number of piperidine rings is 1. The van der Waals surface area contributed by atoms with Gasteiger partial charge in [0.25, 0.3) is 0 Å². The van der Waals surface area contributed by atoms with Gasteiger partial charge in [-0.3, -0.25) is 4.90 Å². The molecule has 0 amide bonds. The van der Waals surface area contributed by atoms with Crippen molar-refractivity contribution in [3.05, 3.63) is 41.8 Å². The molecule has 2 rings (SSSR count). The maximum Gasteiger partial charge on any atom is 0.0460 e. The molecule has 1 fully saturated rings. The van der Waals surface area contributed by atoms with Crippen LogP contribution in [-0.4, -0.2) is 29.7 Å². The van der Waals surface area contributed by atoms with E-state index >= 15 is 0 Å². The fourth-order valence-corrected chi connectivity index (χ4v) is 2.87. The minimum atomic E-state index is 0.325. The monoisotopic (exact) mass is 246 g/mol. The number of benzene rings is 1. The first-order valence-corrected chi connectivity index (χ1v) is 6.89. The normalized spacial score (nSPS) is 25.6. The number of rotatable bonds is 4. The Kier molecular flexibility index (Phi) is 4.79. The van der Waals surface area contributed by atoms with E-state index < -0.39 is 0 Å². The molecule has 1 aromatic rings. The fraction of sp³-hybridized carbons (Fsp3) is 0.562. The highest BCUT2D eigenvalue weighted by Crippen LogP contribution is 2.34. The molecular weight excluding hydrogens is 222 g/mol. The Morgan fingerprint density at radius 1 is 1.28 bits per heavy atom. The Hall–Kier alpha value is -0.860. The van der Waals surface area contributed by atoms with Crippen LogP contribution < -0.4 is 0 Å². The highest BCUT2D eigenvalue weighted by molar-refractivity contribution is 5.20. The Bertz CT molecular complexity index is 349. The Labute approximate surface area is 111 Å². The van der Waals surface area contributed by atoms with Crippen LogP contribution in [0, 0.1) is 11.8 Å². The summed E-state index contributed by atoms with van der Waals surface area (Å²) in [4.78, 5) is 2.55. The van der Waals surface area contributed by atoms with E-state index in [0.717, 1.165) is 25.9 Å². The molecule has 2 heteroatoms. The smallest absolute Gasteiger partial charge is 0.0460 e. The lowest BCUT2D eigenvalue weighted by Crippen LogP contribution is -2.39. The molecule has 0 spiro atoms. The van der Waals surface area contributed by atoms with Crippen molar-refractivity contribution in [3.8, 4) is 0 Å². The lowest BCUT2D eigenvalue weighted by atomic mass is 9.87. The maximum absolute atomic E-state index is 9.40. The predicted octanol–water partition coefficient (Wildman–Crippen LogP) is 3.05. The van der Waals surface area contributed by atoms with E-state index in [1.165, 1.54) is 11.5 Å². The highest BCUT2D eigenvalue weighted by Gasteiger charge is 2.29. The van der Waals surface area contributed by atoms with Crippen LogP contribution >= 0.6 is 0 Å². The van der Waals surface area contributed by atoms with Crippen molar-refractivity contribution < 1.29 is 5.11 Å². The van der Waals surface area contributed by atoms with Gasteiger partial charge >= 0.3 is 0 Å². The predicted molar refractivity (Wildman–Crippen MR) is 75.2 cm³/mol. The largest absolute Gasteiger partial charge is 0.396 e. The number of hydrogen-bond acceptors (Lipinski definition) is 2. The van der Waals surface area contributed by atoms with Gasteiger partial charge in [0.05, 0.1) is 0 Å². The van der Waals surface area contributed by atoms with E-state index in [-0.39, 0.29) is 0 Å². The summed E-state index contributed by atoms with van der Waals surface area (Å²) in [5, 5.41) is 9.40. The number of aliphatic hydroxyl groups excluding tert-OH is 1. The van der Waals surface area contributed by atoms with Gasteiger partial charge in [-0.15, -0.1) is 0 Å². The zero-order chi connectivity index (χ0) is 13.0. The zero-order valence-corrected chi connectivity index (χ0v) is 11.5. The zero-order valence-electron chi connectivity index (χ0n) is 11.5. The summed E-state index contributed by atoms with van der Waals surface area (Å²) in [6, 6.07) is 11.2. The van der Waals surface area contributed by atoms with Crippen molar-refractivity contribution in [3.63, 3.8) is 0 Å². The Morgan fingerprint density at radius 3 is 2.61 bits per heavy atom. The molecule has 1 heterocycles. The lowest BCUT2D eigenvalue weighted by Gasteiger charge is -2.40. The molecule has 2 unspecified atom stereocenters. The second-order valence-corrected chi connectivity index (χ2v) is 5.68. The standard InChI is InChI=1S/C16H24NO/c1-13(2)11-17-9-8-14(12-18)10-16(17)15-6-4-3-5-7-15/h3-7,14,16,18H,8-12H2,1-2H3. The van der Waals surface area contributed by atoms with Crippen LogP contribution in [0.25, 0.3) is 0 Å². The molecule has 1 saturated heterocycles. The van der Waals surface area contributed by atoms with E-state index in [4.69, 9.17) is 0 Å². The van der Waals surface area contributed by atoms with Gasteiger partial charge in [0.15, 0.2) is 0 Å². The van der Waals surface area contributed by atoms with E-state index in [2.05, 4.69) is 49.1 Å². The van der Waals surface area contributed by atoms with E-state index in [1.807, 2.05) is 0 Å². The topological polar surface area (TPSA) is 23.5 Å². The van der Waals surface area contributed by atoms with E-state index in [9.17, 15) is 5.11 Å². The summed E-state index contributed by atoms with van der Waals surface area (Å²) >= 11 is 0. The van der Waals surface area contributed by atoms with Crippen LogP contribution in [0.1, 0.15) is 38.3 Å². The summed E-state index contributed by atoms with van der Waals surface area (Å²) in [5.74, 6) is 1.92. The van der Waals surface area contributed by atoms with Crippen molar-refractivity contribution in [2.24, 2.45) is 5.92 Å². The van der Waals surface area contributed by atoms with Crippen LogP contribution in [0.4, 0.5) is 0 Å². The summed E-state index contributed by atoms with van der Waals surface area (Å²) < 4.78 is 0. The van der Waals surface area contributed by atoms with Crippen molar-refractivity contribution >= 4 is 0 Å². The Balaban J connectivity index is 2.14. The first-order chi connectivity index (χ1) is 8.70. The number of hydrogen-bond donors (Lipinski definition) is 1. The van der Waals surface area contributed by atoms with Gasteiger partial charge in [-0.25, -0.2) is 0 Å². The molecule has 0 aromatic heterocycles. The average Bonchev–Trinajstić information content (AvgIpc) is 2.39. The molecular formula is C16H24NO. The minimum Gasteiger partial charge on any atom is -0.396 e. The van der Waals surface area contributed by atoms with Crippen LogP contribution in [0.15, 0.2) is 30.3 Å². The molecule has 1 aromatic carbocycles. The first-order valence-electron chi connectivity index (χ1n) is 6.89. The summed E-state index contributed by atoms with van der Waals surface area (Å²) in [5.41, 5.74) is 1.39. The quantitative estimate of drug-likeness (QED) is 0.882. The second kappa shape index (κ2) is 6.35. The van der Waals surface area contributed by atoms with Gasteiger partial charge in [0.1, 0.15) is 0 Å². The second-order valence-electron chi connectivity index (χ2n) is 5.68. The lowest BCUT2D eigenvalue weighted by molar-refractivity contribution is 0.0840. The van der Waals surface area contributed by atoms with Crippen molar-refractivity contribution in [2.45, 2.75) is 32.7 Å². The molecule has 1 radical (unpaired) electrons. The molecule has 1 aliphatic rings. The third kappa shape index (κ3) is 3.33. The third-order valence-electron chi connectivity index (χ3n) is 3.78.